The van der Waals surface area contributed by atoms with Gasteiger partial charge in [0.15, 0.2) is 11.5 Å². The van der Waals surface area contributed by atoms with Gasteiger partial charge in [0, 0.05) is 57.6 Å². The third kappa shape index (κ3) is 3.15. The van der Waals surface area contributed by atoms with Gasteiger partial charge in [-0.1, -0.05) is 0 Å². The fourth-order valence-corrected chi connectivity index (χ4v) is 3.62. The predicted molar refractivity (Wildman–Crippen MR) is 113 cm³/mol. The SMILES string of the molecule is Cn1c(NCC2CN(c3ccc(-c4ccncc4)nn3)C2)nc2c(cnn2C)c1=O. The van der Waals surface area contributed by atoms with Gasteiger partial charge in [0.25, 0.3) is 5.56 Å². The molecule has 30 heavy (non-hydrogen) atoms. The second kappa shape index (κ2) is 7.21. The van der Waals surface area contributed by atoms with Gasteiger partial charge in [-0.05, 0) is 24.3 Å². The summed E-state index contributed by atoms with van der Waals surface area (Å²) in [7, 11) is 3.50. The molecule has 0 spiro atoms. The maximum Gasteiger partial charge on any atom is 0.265 e. The van der Waals surface area contributed by atoms with Crippen molar-refractivity contribution in [2.24, 2.45) is 20.0 Å². The van der Waals surface area contributed by atoms with E-state index in [1.807, 2.05) is 24.3 Å². The molecule has 5 heterocycles. The van der Waals surface area contributed by atoms with Gasteiger partial charge in [-0.25, -0.2) is 0 Å². The molecular weight excluding hydrogens is 382 g/mol. The van der Waals surface area contributed by atoms with Crippen LogP contribution in [-0.2, 0) is 14.1 Å². The molecular formula is C20H21N9O. The lowest BCUT2D eigenvalue weighted by Gasteiger charge is -2.40. The Bertz CT molecular complexity index is 1240. The van der Waals surface area contributed by atoms with Gasteiger partial charge in [0.1, 0.15) is 5.39 Å². The molecule has 0 saturated carbocycles. The Kier molecular flexibility index (Phi) is 4.38. The van der Waals surface area contributed by atoms with Crippen LogP contribution >= 0.6 is 0 Å². The van der Waals surface area contributed by atoms with E-state index in [4.69, 9.17) is 0 Å². The minimum Gasteiger partial charge on any atom is -0.355 e. The third-order valence-electron chi connectivity index (χ3n) is 5.43. The smallest absolute Gasteiger partial charge is 0.265 e. The highest BCUT2D eigenvalue weighted by Crippen LogP contribution is 2.24. The fraction of sp³-hybridized carbons (Fsp3) is 0.300. The van der Waals surface area contributed by atoms with E-state index in [-0.39, 0.29) is 5.56 Å². The van der Waals surface area contributed by atoms with Gasteiger partial charge < -0.3 is 10.2 Å². The molecule has 4 aromatic heterocycles. The fourth-order valence-electron chi connectivity index (χ4n) is 3.62. The minimum absolute atomic E-state index is 0.101. The molecule has 1 aliphatic rings. The molecule has 5 rings (SSSR count). The summed E-state index contributed by atoms with van der Waals surface area (Å²) >= 11 is 0. The van der Waals surface area contributed by atoms with Crippen molar-refractivity contribution < 1.29 is 0 Å². The molecule has 1 N–H and O–H groups in total. The summed E-state index contributed by atoms with van der Waals surface area (Å²) in [5, 5.41) is 16.6. The molecule has 1 saturated heterocycles. The van der Waals surface area contributed by atoms with Gasteiger partial charge in [-0.3, -0.25) is 19.0 Å². The summed E-state index contributed by atoms with van der Waals surface area (Å²) in [6, 6.07) is 7.80. The molecule has 0 aliphatic carbocycles. The van der Waals surface area contributed by atoms with Crippen molar-refractivity contribution in [2.45, 2.75) is 0 Å². The zero-order valence-electron chi connectivity index (χ0n) is 16.7. The van der Waals surface area contributed by atoms with Crippen molar-refractivity contribution in [3.05, 3.63) is 53.2 Å². The lowest BCUT2D eigenvalue weighted by molar-refractivity contribution is 0.424. The van der Waals surface area contributed by atoms with E-state index in [1.54, 1.807) is 37.4 Å². The standard InChI is InChI=1S/C20H21N9O/c1-27-19(30)15-10-23-28(2)18(15)24-20(27)22-9-13-11-29(12-13)17-4-3-16(25-26-17)14-5-7-21-8-6-14/h3-8,10,13H,9,11-12H2,1-2H3,(H,22,24). The average molecular weight is 403 g/mol. The van der Waals surface area contributed by atoms with Gasteiger partial charge >= 0.3 is 0 Å². The number of pyridine rings is 1. The van der Waals surface area contributed by atoms with Crippen LogP contribution in [0.4, 0.5) is 11.8 Å². The van der Waals surface area contributed by atoms with E-state index in [9.17, 15) is 4.79 Å². The van der Waals surface area contributed by atoms with E-state index < -0.39 is 0 Å². The van der Waals surface area contributed by atoms with E-state index in [2.05, 4.69) is 35.5 Å². The maximum absolute atomic E-state index is 12.5. The number of nitrogens with zero attached hydrogens (tertiary/aromatic N) is 8. The van der Waals surface area contributed by atoms with Crippen molar-refractivity contribution in [1.29, 1.82) is 0 Å². The number of hydrogen-bond acceptors (Lipinski definition) is 8. The Labute approximate surface area is 172 Å². The van der Waals surface area contributed by atoms with Crippen LogP contribution in [0.5, 0.6) is 0 Å². The summed E-state index contributed by atoms with van der Waals surface area (Å²) in [5.41, 5.74) is 2.31. The first-order valence-electron chi connectivity index (χ1n) is 9.72. The molecule has 1 aliphatic heterocycles. The van der Waals surface area contributed by atoms with Crippen molar-refractivity contribution in [3.63, 3.8) is 0 Å². The summed E-state index contributed by atoms with van der Waals surface area (Å²) < 4.78 is 3.14. The van der Waals surface area contributed by atoms with Crippen LogP contribution in [0.25, 0.3) is 22.3 Å². The van der Waals surface area contributed by atoms with E-state index >= 15 is 0 Å². The normalized spacial score (nSPS) is 14.1. The van der Waals surface area contributed by atoms with Crippen LogP contribution in [-0.4, -0.2) is 54.1 Å². The molecule has 152 valence electrons. The molecule has 0 bridgehead atoms. The summed E-state index contributed by atoms with van der Waals surface area (Å²) in [4.78, 5) is 23.2. The average Bonchev–Trinajstić information content (AvgIpc) is 3.12. The number of fused-ring (bicyclic) bond motifs is 1. The largest absolute Gasteiger partial charge is 0.355 e. The highest BCUT2D eigenvalue weighted by atomic mass is 16.1. The Balaban J connectivity index is 1.21. The quantitative estimate of drug-likeness (QED) is 0.527. The molecule has 10 nitrogen and oxygen atoms in total. The van der Waals surface area contributed by atoms with Crippen molar-refractivity contribution in [1.82, 2.24) is 34.5 Å². The maximum atomic E-state index is 12.5. The highest BCUT2D eigenvalue weighted by Gasteiger charge is 2.28. The predicted octanol–water partition coefficient (Wildman–Crippen LogP) is 1.07. The second-order valence-corrected chi connectivity index (χ2v) is 7.47. The second-order valence-electron chi connectivity index (χ2n) is 7.47. The number of anilines is 2. The Morgan fingerprint density at radius 2 is 1.90 bits per heavy atom. The first kappa shape index (κ1) is 18.2. The molecule has 10 heteroatoms. The molecule has 0 unspecified atom stereocenters. The summed E-state index contributed by atoms with van der Waals surface area (Å²) in [6.07, 6.45) is 5.04. The van der Waals surface area contributed by atoms with Gasteiger partial charge in [-0.15, -0.1) is 10.2 Å². The molecule has 0 amide bonds. The van der Waals surface area contributed by atoms with Crippen molar-refractivity contribution in [3.8, 4) is 11.3 Å². The highest BCUT2D eigenvalue weighted by molar-refractivity contribution is 5.74. The zero-order chi connectivity index (χ0) is 20.7. The van der Waals surface area contributed by atoms with Crippen molar-refractivity contribution in [2.75, 3.05) is 29.9 Å². The monoisotopic (exact) mass is 403 g/mol. The number of aryl methyl sites for hydroxylation is 1. The Morgan fingerprint density at radius 1 is 1.10 bits per heavy atom. The van der Waals surface area contributed by atoms with Gasteiger partial charge in [0.2, 0.25) is 5.95 Å². The zero-order valence-corrected chi connectivity index (χ0v) is 16.7. The number of hydrogen-bond donors (Lipinski definition) is 1. The molecule has 1 fully saturated rings. The molecule has 0 atom stereocenters. The lowest BCUT2D eigenvalue weighted by Crippen LogP contribution is -2.50. The summed E-state index contributed by atoms with van der Waals surface area (Å²) in [5.74, 6) is 1.85. The minimum atomic E-state index is -0.101. The topological polar surface area (TPSA) is 107 Å². The third-order valence-corrected chi connectivity index (χ3v) is 5.43. The van der Waals surface area contributed by atoms with Gasteiger partial charge in [0.05, 0.1) is 11.9 Å². The first-order valence-corrected chi connectivity index (χ1v) is 9.72. The number of rotatable bonds is 5. The summed E-state index contributed by atoms with van der Waals surface area (Å²) in [6.45, 7) is 2.47. The van der Waals surface area contributed by atoms with E-state index in [1.165, 1.54) is 4.57 Å². The van der Waals surface area contributed by atoms with Crippen LogP contribution in [0.1, 0.15) is 0 Å². The first-order chi connectivity index (χ1) is 14.6. The van der Waals surface area contributed by atoms with Crippen LogP contribution in [0.3, 0.4) is 0 Å². The molecule has 0 radical (unpaired) electrons. The molecule has 0 aromatic carbocycles. The van der Waals surface area contributed by atoms with Crippen LogP contribution in [0.2, 0.25) is 0 Å². The Hall–Kier alpha value is -3.82. The number of aromatic nitrogens is 7. The van der Waals surface area contributed by atoms with E-state index in [0.29, 0.717) is 22.9 Å². The van der Waals surface area contributed by atoms with Crippen LogP contribution < -0.4 is 15.8 Å². The number of nitrogens with one attached hydrogen (secondary N) is 1. The van der Waals surface area contributed by atoms with E-state index in [0.717, 1.165) is 36.7 Å². The van der Waals surface area contributed by atoms with Crippen molar-refractivity contribution >= 4 is 22.8 Å². The Morgan fingerprint density at radius 3 is 2.63 bits per heavy atom. The van der Waals surface area contributed by atoms with Crippen LogP contribution in [0, 0.1) is 5.92 Å². The lowest BCUT2D eigenvalue weighted by atomic mass is 10.0. The van der Waals surface area contributed by atoms with Crippen LogP contribution in [0.15, 0.2) is 47.7 Å². The molecule has 4 aromatic rings. The van der Waals surface area contributed by atoms with Gasteiger partial charge in [-0.2, -0.15) is 10.1 Å².